The fourth-order valence-corrected chi connectivity index (χ4v) is 5.73. The zero-order valence-corrected chi connectivity index (χ0v) is 17.7. The largest absolute Gasteiger partial charge is 0.497 e. The summed E-state index contributed by atoms with van der Waals surface area (Å²) < 4.78 is 44.4. The van der Waals surface area contributed by atoms with Gasteiger partial charge in [0.1, 0.15) is 16.4 Å². The molecule has 0 spiro atoms. The normalized spacial score (nSPS) is 17.9. The number of piperidine rings is 1. The van der Waals surface area contributed by atoms with Crippen LogP contribution in [0.15, 0.2) is 45.0 Å². The second-order valence-corrected chi connectivity index (χ2v) is 9.50. The number of nitrogens with zero attached hydrogens (tertiary/aromatic N) is 3. The van der Waals surface area contributed by atoms with Crippen LogP contribution in [0.2, 0.25) is 0 Å². The van der Waals surface area contributed by atoms with Gasteiger partial charge >= 0.3 is 0 Å². The van der Waals surface area contributed by atoms with Gasteiger partial charge in [0.05, 0.1) is 25.0 Å². The van der Waals surface area contributed by atoms with E-state index in [2.05, 4.69) is 10.2 Å². The molecule has 3 heterocycles. The van der Waals surface area contributed by atoms with Crippen molar-refractivity contribution in [3.8, 4) is 22.3 Å². The van der Waals surface area contributed by atoms with Crippen LogP contribution in [0.3, 0.4) is 0 Å². The van der Waals surface area contributed by atoms with Gasteiger partial charge in [-0.2, -0.15) is 4.31 Å². The number of methoxy groups -OCH3 is 2. The summed E-state index contributed by atoms with van der Waals surface area (Å²) in [5, 5.41) is 10.2. The topological polar surface area (TPSA) is 94.8 Å². The van der Waals surface area contributed by atoms with Crippen LogP contribution >= 0.6 is 11.3 Å². The zero-order chi connectivity index (χ0) is 20.4. The second-order valence-electron chi connectivity index (χ2n) is 6.64. The molecule has 1 aliphatic heterocycles. The van der Waals surface area contributed by atoms with Crippen molar-refractivity contribution >= 4 is 21.4 Å². The lowest BCUT2D eigenvalue weighted by Crippen LogP contribution is -2.39. The third-order valence-corrected chi connectivity index (χ3v) is 7.64. The molecule has 0 aliphatic carbocycles. The van der Waals surface area contributed by atoms with Crippen LogP contribution in [0.5, 0.6) is 11.5 Å². The number of hydrogen-bond acceptors (Lipinski definition) is 8. The van der Waals surface area contributed by atoms with Gasteiger partial charge in [0.25, 0.3) is 5.89 Å². The minimum absolute atomic E-state index is 0.0878. The van der Waals surface area contributed by atoms with E-state index in [1.54, 1.807) is 12.1 Å². The molecule has 2 aromatic heterocycles. The van der Waals surface area contributed by atoms with Crippen LogP contribution in [0, 0.1) is 0 Å². The van der Waals surface area contributed by atoms with E-state index < -0.39 is 10.0 Å². The van der Waals surface area contributed by atoms with Gasteiger partial charge in [-0.05, 0) is 36.4 Å². The monoisotopic (exact) mass is 435 g/mol. The van der Waals surface area contributed by atoms with Crippen molar-refractivity contribution in [2.75, 3.05) is 27.3 Å². The van der Waals surface area contributed by atoms with Crippen LogP contribution in [0.4, 0.5) is 0 Å². The Morgan fingerprint density at radius 1 is 1.21 bits per heavy atom. The first kappa shape index (κ1) is 19.9. The molecular formula is C19H21N3O5S2. The number of benzene rings is 1. The molecule has 1 aliphatic rings. The van der Waals surface area contributed by atoms with Crippen LogP contribution in [0.1, 0.15) is 24.7 Å². The quantitative estimate of drug-likeness (QED) is 0.586. The van der Waals surface area contributed by atoms with Gasteiger partial charge in [-0.1, -0.05) is 6.07 Å². The van der Waals surface area contributed by atoms with Gasteiger partial charge in [-0.25, -0.2) is 8.42 Å². The molecule has 8 nitrogen and oxygen atoms in total. The predicted molar refractivity (Wildman–Crippen MR) is 108 cm³/mol. The molecule has 4 rings (SSSR count). The van der Waals surface area contributed by atoms with Crippen molar-refractivity contribution in [3.63, 3.8) is 0 Å². The molecule has 29 heavy (non-hydrogen) atoms. The van der Waals surface area contributed by atoms with Gasteiger partial charge in [0, 0.05) is 19.2 Å². The van der Waals surface area contributed by atoms with Crippen LogP contribution < -0.4 is 9.47 Å². The lowest BCUT2D eigenvalue weighted by atomic mass is 10.00. The highest BCUT2D eigenvalue weighted by Gasteiger charge is 2.35. The molecule has 0 radical (unpaired) electrons. The molecule has 0 bridgehead atoms. The van der Waals surface area contributed by atoms with E-state index >= 15 is 0 Å². The predicted octanol–water partition coefficient (Wildman–Crippen LogP) is 3.38. The molecule has 1 aromatic carbocycles. The summed E-state index contributed by atoms with van der Waals surface area (Å²) in [5.74, 6) is 1.51. The van der Waals surface area contributed by atoms with E-state index in [9.17, 15) is 8.42 Å². The summed E-state index contributed by atoms with van der Waals surface area (Å²) in [6, 6.07) is 8.58. The summed E-state index contributed by atoms with van der Waals surface area (Å²) in [7, 11) is -0.829. The van der Waals surface area contributed by atoms with Crippen LogP contribution in [-0.2, 0) is 10.0 Å². The lowest BCUT2D eigenvalue weighted by molar-refractivity contribution is 0.285. The van der Waals surface area contributed by atoms with Gasteiger partial charge in [0.2, 0.25) is 15.9 Å². The van der Waals surface area contributed by atoms with Crippen molar-refractivity contribution in [1.82, 2.24) is 14.5 Å². The first-order valence-corrected chi connectivity index (χ1v) is 11.4. The molecular weight excluding hydrogens is 414 g/mol. The fourth-order valence-electron chi connectivity index (χ4n) is 3.39. The van der Waals surface area contributed by atoms with E-state index in [-0.39, 0.29) is 23.1 Å². The Morgan fingerprint density at radius 3 is 2.79 bits per heavy atom. The van der Waals surface area contributed by atoms with Crippen molar-refractivity contribution in [1.29, 1.82) is 0 Å². The van der Waals surface area contributed by atoms with Crippen molar-refractivity contribution < 1.29 is 22.3 Å². The van der Waals surface area contributed by atoms with Crippen molar-refractivity contribution in [2.45, 2.75) is 23.7 Å². The van der Waals surface area contributed by atoms with E-state index in [4.69, 9.17) is 13.9 Å². The summed E-state index contributed by atoms with van der Waals surface area (Å²) in [6.45, 7) is 0.694. The minimum Gasteiger partial charge on any atom is -0.497 e. The summed E-state index contributed by atoms with van der Waals surface area (Å²) in [4.78, 5) is 0.981. The molecule has 3 aromatic rings. The fraction of sp³-hybridized carbons (Fsp3) is 0.368. The van der Waals surface area contributed by atoms with Gasteiger partial charge in [-0.3, -0.25) is 0 Å². The number of thiophene rings is 1. The average Bonchev–Trinajstić information content (AvgIpc) is 3.45. The first-order valence-electron chi connectivity index (χ1n) is 9.12. The number of sulfonamides is 1. The second kappa shape index (κ2) is 8.13. The summed E-state index contributed by atoms with van der Waals surface area (Å²) >= 11 is 1.52. The maximum atomic E-state index is 13.3. The standard InChI is InChI=1S/C19H21N3O5S2/c1-25-14-7-8-15(26-2)17(11-14)29(23,24)22-9-3-5-13(12-22)18-20-21-19(27-18)16-6-4-10-28-16/h4,6-8,10-11,13H,3,5,9,12H2,1-2H3/t13-/m1/s1. The number of hydrogen-bond donors (Lipinski definition) is 0. The Hall–Kier alpha value is -2.43. The van der Waals surface area contributed by atoms with Crippen LogP contribution in [0.25, 0.3) is 10.8 Å². The third-order valence-electron chi connectivity index (χ3n) is 4.89. The molecule has 10 heteroatoms. The molecule has 0 saturated carbocycles. The third kappa shape index (κ3) is 3.87. The molecule has 1 saturated heterocycles. The van der Waals surface area contributed by atoms with E-state index in [1.807, 2.05) is 17.5 Å². The Kier molecular flexibility index (Phi) is 5.57. The van der Waals surface area contributed by atoms with E-state index in [0.717, 1.165) is 11.3 Å². The Labute approximate surface area is 173 Å². The molecule has 0 N–H and O–H groups in total. The molecule has 0 unspecified atom stereocenters. The van der Waals surface area contributed by atoms with Crippen molar-refractivity contribution in [3.05, 3.63) is 41.6 Å². The van der Waals surface area contributed by atoms with Gasteiger partial charge in [-0.15, -0.1) is 21.5 Å². The van der Waals surface area contributed by atoms with Crippen LogP contribution in [-0.4, -0.2) is 50.2 Å². The minimum atomic E-state index is -3.77. The highest BCUT2D eigenvalue weighted by Crippen LogP contribution is 2.35. The van der Waals surface area contributed by atoms with E-state index in [0.29, 0.717) is 30.5 Å². The molecule has 154 valence electrons. The smallest absolute Gasteiger partial charge is 0.257 e. The number of ether oxygens (including phenoxy) is 2. The molecule has 1 fully saturated rings. The maximum absolute atomic E-state index is 13.3. The Bertz CT molecular complexity index is 1080. The maximum Gasteiger partial charge on any atom is 0.257 e. The Morgan fingerprint density at radius 2 is 2.07 bits per heavy atom. The number of aromatic nitrogens is 2. The molecule has 1 atom stereocenters. The highest BCUT2D eigenvalue weighted by atomic mass is 32.2. The summed E-state index contributed by atoms with van der Waals surface area (Å²) in [6.07, 6.45) is 1.49. The first-order chi connectivity index (χ1) is 14.0. The number of rotatable bonds is 6. The average molecular weight is 436 g/mol. The summed E-state index contributed by atoms with van der Waals surface area (Å²) in [5.41, 5.74) is 0. The SMILES string of the molecule is COc1ccc(OC)c(S(=O)(=O)N2CCC[C@@H](c3nnc(-c4cccs4)o3)C2)c1. The van der Waals surface area contributed by atoms with Gasteiger partial charge < -0.3 is 13.9 Å². The highest BCUT2D eigenvalue weighted by molar-refractivity contribution is 7.89. The molecule has 0 amide bonds. The van der Waals surface area contributed by atoms with Crippen molar-refractivity contribution in [2.24, 2.45) is 0 Å². The zero-order valence-electron chi connectivity index (χ0n) is 16.1. The lowest BCUT2D eigenvalue weighted by Gasteiger charge is -2.30. The Balaban J connectivity index is 1.60. The van der Waals surface area contributed by atoms with Gasteiger partial charge in [0.15, 0.2) is 0 Å². The van der Waals surface area contributed by atoms with E-state index in [1.165, 1.54) is 35.9 Å².